The van der Waals surface area contributed by atoms with Crippen molar-refractivity contribution in [1.29, 1.82) is 0 Å². The topological polar surface area (TPSA) is 34.1 Å². The quantitative estimate of drug-likeness (QED) is 0.856. The predicted molar refractivity (Wildman–Crippen MR) is 70.7 cm³/mol. The van der Waals surface area contributed by atoms with E-state index in [1.807, 2.05) is 18.2 Å². The standard InChI is InChI=1S/C14H15F3N2O/c1-20-12-4-2-3-10-5-6-11(19-13(10)12)9-18-8-7-14(15,16)17/h2-6,18H,7-9H2,1H3. The van der Waals surface area contributed by atoms with Gasteiger partial charge in [0.15, 0.2) is 0 Å². The third kappa shape index (κ3) is 3.84. The number of rotatable bonds is 5. The number of halogens is 3. The van der Waals surface area contributed by atoms with Crippen molar-refractivity contribution in [3.8, 4) is 5.75 Å². The molecule has 0 radical (unpaired) electrons. The van der Waals surface area contributed by atoms with Crippen LogP contribution in [0.4, 0.5) is 13.2 Å². The summed E-state index contributed by atoms with van der Waals surface area (Å²) in [5.41, 5.74) is 1.40. The number of ether oxygens (including phenoxy) is 1. The lowest BCUT2D eigenvalue weighted by atomic mass is 10.2. The number of nitrogens with one attached hydrogen (secondary N) is 1. The van der Waals surface area contributed by atoms with E-state index in [4.69, 9.17) is 4.74 Å². The van der Waals surface area contributed by atoms with Gasteiger partial charge in [0, 0.05) is 18.5 Å². The van der Waals surface area contributed by atoms with E-state index < -0.39 is 12.6 Å². The van der Waals surface area contributed by atoms with E-state index in [1.54, 1.807) is 19.2 Å². The molecule has 0 spiro atoms. The molecule has 1 aromatic carbocycles. The Morgan fingerprint density at radius 3 is 2.70 bits per heavy atom. The molecule has 0 saturated heterocycles. The first-order valence-electron chi connectivity index (χ1n) is 6.20. The smallest absolute Gasteiger partial charge is 0.390 e. The number of aromatic nitrogens is 1. The highest BCUT2D eigenvalue weighted by molar-refractivity contribution is 5.84. The van der Waals surface area contributed by atoms with E-state index >= 15 is 0 Å². The average Bonchev–Trinajstić information content (AvgIpc) is 2.41. The van der Waals surface area contributed by atoms with Crippen LogP contribution in [-0.2, 0) is 6.54 Å². The van der Waals surface area contributed by atoms with Crippen molar-refractivity contribution in [2.24, 2.45) is 0 Å². The number of methoxy groups -OCH3 is 1. The lowest BCUT2D eigenvalue weighted by Gasteiger charge is -2.09. The molecule has 3 nitrogen and oxygen atoms in total. The first-order chi connectivity index (χ1) is 9.49. The fraction of sp³-hybridized carbons (Fsp3) is 0.357. The molecule has 1 N–H and O–H groups in total. The number of pyridine rings is 1. The first kappa shape index (κ1) is 14.6. The minimum Gasteiger partial charge on any atom is -0.494 e. The van der Waals surface area contributed by atoms with Crippen molar-refractivity contribution in [2.45, 2.75) is 19.1 Å². The summed E-state index contributed by atoms with van der Waals surface area (Å²) in [6, 6.07) is 9.25. The first-order valence-corrected chi connectivity index (χ1v) is 6.20. The zero-order chi connectivity index (χ0) is 14.6. The average molecular weight is 284 g/mol. The molecule has 0 saturated carbocycles. The van der Waals surface area contributed by atoms with Crippen molar-refractivity contribution in [2.75, 3.05) is 13.7 Å². The Morgan fingerprint density at radius 2 is 2.00 bits per heavy atom. The monoisotopic (exact) mass is 284 g/mol. The molecule has 0 aliphatic rings. The van der Waals surface area contributed by atoms with Gasteiger partial charge in [-0.1, -0.05) is 18.2 Å². The van der Waals surface area contributed by atoms with E-state index in [9.17, 15) is 13.2 Å². The number of para-hydroxylation sites is 1. The zero-order valence-corrected chi connectivity index (χ0v) is 11.0. The summed E-state index contributed by atoms with van der Waals surface area (Å²) in [5.74, 6) is 0.652. The van der Waals surface area contributed by atoms with E-state index in [1.165, 1.54) is 0 Å². The van der Waals surface area contributed by atoms with E-state index in [2.05, 4.69) is 10.3 Å². The van der Waals surface area contributed by atoms with Gasteiger partial charge in [-0.2, -0.15) is 13.2 Å². The van der Waals surface area contributed by atoms with Crippen LogP contribution in [0.25, 0.3) is 10.9 Å². The Bertz CT molecular complexity index is 584. The number of nitrogens with zero attached hydrogens (tertiary/aromatic N) is 1. The predicted octanol–water partition coefficient (Wildman–Crippen LogP) is 3.29. The van der Waals surface area contributed by atoms with Crippen LogP contribution in [-0.4, -0.2) is 24.8 Å². The fourth-order valence-corrected chi connectivity index (χ4v) is 1.87. The van der Waals surface area contributed by atoms with Crippen LogP contribution in [0, 0.1) is 0 Å². The highest BCUT2D eigenvalue weighted by Gasteiger charge is 2.25. The van der Waals surface area contributed by atoms with Crippen LogP contribution in [0.2, 0.25) is 0 Å². The Morgan fingerprint density at radius 1 is 1.20 bits per heavy atom. The molecule has 1 aromatic heterocycles. The molecule has 0 amide bonds. The summed E-state index contributed by atoms with van der Waals surface area (Å²) in [5, 5.41) is 3.67. The second kappa shape index (κ2) is 6.09. The van der Waals surface area contributed by atoms with Crippen LogP contribution in [0.3, 0.4) is 0 Å². The highest BCUT2D eigenvalue weighted by atomic mass is 19.4. The Hall–Kier alpha value is -1.82. The van der Waals surface area contributed by atoms with Crippen LogP contribution >= 0.6 is 0 Å². The maximum absolute atomic E-state index is 12.0. The summed E-state index contributed by atoms with van der Waals surface area (Å²) in [6.07, 6.45) is -4.98. The molecule has 0 unspecified atom stereocenters. The zero-order valence-electron chi connectivity index (χ0n) is 11.0. The number of fused-ring (bicyclic) bond motifs is 1. The summed E-state index contributed by atoms with van der Waals surface area (Å²) in [7, 11) is 1.56. The molecule has 108 valence electrons. The largest absolute Gasteiger partial charge is 0.494 e. The van der Waals surface area contributed by atoms with Gasteiger partial charge < -0.3 is 10.1 Å². The van der Waals surface area contributed by atoms with Gasteiger partial charge >= 0.3 is 6.18 Å². The van der Waals surface area contributed by atoms with Gasteiger partial charge in [-0.3, -0.25) is 0 Å². The molecular formula is C14H15F3N2O. The number of alkyl halides is 3. The third-order valence-electron chi connectivity index (χ3n) is 2.85. The maximum atomic E-state index is 12.0. The maximum Gasteiger partial charge on any atom is 0.390 e. The van der Waals surface area contributed by atoms with E-state index in [0.29, 0.717) is 23.5 Å². The van der Waals surface area contributed by atoms with Crippen LogP contribution in [0.15, 0.2) is 30.3 Å². The lowest BCUT2D eigenvalue weighted by molar-refractivity contribution is -0.133. The van der Waals surface area contributed by atoms with Gasteiger partial charge in [-0.25, -0.2) is 4.98 Å². The van der Waals surface area contributed by atoms with Crippen LogP contribution in [0.5, 0.6) is 5.75 Å². The molecule has 6 heteroatoms. The molecule has 0 bridgehead atoms. The molecule has 2 aromatic rings. The van der Waals surface area contributed by atoms with Gasteiger partial charge in [-0.05, 0) is 12.1 Å². The number of hydrogen-bond acceptors (Lipinski definition) is 3. The number of benzene rings is 1. The number of hydrogen-bond donors (Lipinski definition) is 1. The second-order valence-corrected chi connectivity index (χ2v) is 4.38. The molecule has 0 aliphatic heterocycles. The van der Waals surface area contributed by atoms with Gasteiger partial charge in [0.05, 0.1) is 19.2 Å². The molecule has 0 atom stereocenters. The van der Waals surface area contributed by atoms with E-state index in [0.717, 1.165) is 5.39 Å². The molecule has 2 rings (SSSR count). The van der Waals surface area contributed by atoms with E-state index in [-0.39, 0.29) is 6.54 Å². The summed E-state index contributed by atoms with van der Waals surface area (Å²) in [6.45, 7) is 0.180. The van der Waals surface area contributed by atoms with Crippen molar-refractivity contribution in [1.82, 2.24) is 10.3 Å². The Balaban J connectivity index is 2.04. The van der Waals surface area contributed by atoms with Gasteiger partial charge in [0.1, 0.15) is 11.3 Å². The van der Waals surface area contributed by atoms with Crippen LogP contribution in [0.1, 0.15) is 12.1 Å². The second-order valence-electron chi connectivity index (χ2n) is 4.38. The van der Waals surface area contributed by atoms with Crippen molar-refractivity contribution in [3.63, 3.8) is 0 Å². The third-order valence-corrected chi connectivity index (χ3v) is 2.85. The molecule has 1 heterocycles. The summed E-state index contributed by atoms with van der Waals surface area (Å²) in [4.78, 5) is 4.41. The summed E-state index contributed by atoms with van der Waals surface area (Å²) >= 11 is 0. The normalized spacial score (nSPS) is 11.8. The van der Waals surface area contributed by atoms with Gasteiger partial charge in [0.25, 0.3) is 0 Å². The minimum atomic E-state index is -4.13. The molecule has 0 aliphatic carbocycles. The van der Waals surface area contributed by atoms with Gasteiger partial charge in [0.2, 0.25) is 0 Å². The van der Waals surface area contributed by atoms with Crippen molar-refractivity contribution in [3.05, 3.63) is 36.0 Å². The fourth-order valence-electron chi connectivity index (χ4n) is 1.87. The highest BCUT2D eigenvalue weighted by Crippen LogP contribution is 2.23. The Kier molecular flexibility index (Phi) is 4.44. The van der Waals surface area contributed by atoms with Crippen molar-refractivity contribution < 1.29 is 17.9 Å². The Labute approximate surface area is 114 Å². The van der Waals surface area contributed by atoms with Gasteiger partial charge in [-0.15, -0.1) is 0 Å². The van der Waals surface area contributed by atoms with Crippen molar-refractivity contribution >= 4 is 10.9 Å². The summed E-state index contributed by atoms with van der Waals surface area (Å²) < 4.78 is 41.3. The minimum absolute atomic E-state index is 0.116. The molecular weight excluding hydrogens is 269 g/mol. The lowest BCUT2D eigenvalue weighted by Crippen LogP contribution is -2.21. The molecule has 20 heavy (non-hydrogen) atoms. The van der Waals surface area contributed by atoms with Crippen LogP contribution < -0.4 is 10.1 Å². The SMILES string of the molecule is COc1cccc2ccc(CNCCC(F)(F)F)nc12. The molecule has 0 fully saturated rings.